The highest BCUT2D eigenvalue weighted by molar-refractivity contribution is 7.88. The van der Waals surface area contributed by atoms with E-state index in [1.807, 2.05) is 20.8 Å². The molecule has 1 heterocycles. The number of hydrogen-bond acceptors (Lipinski definition) is 9. The lowest BCUT2D eigenvalue weighted by molar-refractivity contribution is -0.142. The second-order valence-electron chi connectivity index (χ2n) is 15.1. The Morgan fingerprint density at radius 3 is 2.06 bits per heavy atom. The van der Waals surface area contributed by atoms with Crippen LogP contribution in [0.5, 0.6) is 17.2 Å². The van der Waals surface area contributed by atoms with Crippen LogP contribution in [0.1, 0.15) is 66.4 Å². The lowest BCUT2D eigenvalue weighted by Crippen LogP contribution is -2.62. The predicted octanol–water partition coefficient (Wildman–Crippen LogP) is 2.22. The molecule has 0 aromatic heterocycles. The van der Waals surface area contributed by atoms with Gasteiger partial charge in [0.15, 0.2) is 11.5 Å². The van der Waals surface area contributed by atoms with Crippen LogP contribution in [0, 0.1) is 10.8 Å². The van der Waals surface area contributed by atoms with Crippen LogP contribution < -0.4 is 30.7 Å². The van der Waals surface area contributed by atoms with Crippen LogP contribution in [0.15, 0.2) is 12.1 Å². The minimum atomic E-state index is -3.54. The number of phenols is 1. The van der Waals surface area contributed by atoms with Gasteiger partial charge in [0.25, 0.3) is 0 Å². The first-order valence-electron chi connectivity index (χ1n) is 17.0. The number of carbonyl (C=O) groups excluding carboxylic acids is 4. The molecule has 296 valence electrons. The van der Waals surface area contributed by atoms with Crippen molar-refractivity contribution in [1.29, 1.82) is 0 Å². The maximum absolute atomic E-state index is 14.0. The zero-order valence-corrected chi connectivity index (χ0v) is 32.6. The van der Waals surface area contributed by atoms with E-state index >= 15 is 0 Å². The second-order valence-corrected chi connectivity index (χ2v) is 17.2. The van der Waals surface area contributed by atoms with E-state index in [-0.39, 0.29) is 49.7 Å². The third-order valence-corrected chi connectivity index (χ3v) is 10.2. The Kier molecular flexibility index (Phi) is 15.5. The fourth-order valence-corrected chi connectivity index (χ4v) is 6.02. The van der Waals surface area contributed by atoms with Crippen LogP contribution in [0.25, 0.3) is 0 Å². The molecule has 2 rings (SSSR count). The van der Waals surface area contributed by atoms with Crippen molar-refractivity contribution in [2.75, 3.05) is 47.2 Å². The van der Waals surface area contributed by atoms with Gasteiger partial charge in [0, 0.05) is 39.1 Å². The molecule has 1 aromatic carbocycles. The number of likely N-dealkylation sites (tertiary alicyclic amines) is 1. The molecule has 18 heteroatoms. The molecule has 1 aromatic rings. The van der Waals surface area contributed by atoms with Crippen molar-refractivity contribution in [3.8, 4) is 17.2 Å². The molecular weight excluding hydrogens is 706 g/mol. The molecule has 1 saturated heterocycles. The first kappa shape index (κ1) is 44.2. The van der Waals surface area contributed by atoms with Crippen LogP contribution in [-0.4, -0.2) is 124 Å². The minimum Gasteiger partial charge on any atom is -0.502 e. The topological polar surface area (TPSA) is 196 Å². The van der Waals surface area contributed by atoms with E-state index in [1.54, 1.807) is 20.8 Å². The van der Waals surface area contributed by atoms with Crippen LogP contribution >= 0.6 is 0 Å². The Bertz CT molecular complexity index is 1510. The van der Waals surface area contributed by atoms with Gasteiger partial charge in [-0.15, -0.1) is 0 Å². The molecular formula is C34H56F2N6O9S. The number of nitrogens with zero attached hydrogens (tertiary/aromatic N) is 2. The van der Waals surface area contributed by atoms with Crippen molar-refractivity contribution in [3.63, 3.8) is 0 Å². The van der Waals surface area contributed by atoms with Gasteiger partial charge in [-0.2, -0.15) is 0 Å². The second kappa shape index (κ2) is 18.2. The number of ether oxygens (including phenoxy) is 2. The maximum atomic E-state index is 14.0. The molecule has 1 aliphatic heterocycles. The average molecular weight is 763 g/mol. The highest BCUT2D eigenvalue weighted by Crippen LogP contribution is 2.37. The third-order valence-electron chi connectivity index (χ3n) is 8.88. The molecule has 4 atom stereocenters. The summed E-state index contributed by atoms with van der Waals surface area (Å²) in [5, 5.41) is 20.6. The van der Waals surface area contributed by atoms with Gasteiger partial charge in [0.2, 0.25) is 39.9 Å². The summed E-state index contributed by atoms with van der Waals surface area (Å²) in [5.74, 6) is -2.11. The van der Waals surface area contributed by atoms with Crippen molar-refractivity contribution >= 4 is 33.8 Å². The van der Waals surface area contributed by atoms with Crippen molar-refractivity contribution < 1.29 is 51.0 Å². The fraction of sp³-hybridized carbons (Fsp3) is 0.706. The lowest BCUT2D eigenvalue weighted by atomic mass is 9.85. The first-order valence-corrected chi connectivity index (χ1v) is 18.8. The first-order chi connectivity index (χ1) is 23.9. The summed E-state index contributed by atoms with van der Waals surface area (Å²) in [6.07, 6.45) is -1.99. The molecule has 0 bridgehead atoms. The summed E-state index contributed by atoms with van der Waals surface area (Å²) in [7, 11) is 0.582. The van der Waals surface area contributed by atoms with E-state index in [2.05, 4.69) is 21.3 Å². The van der Waals surface area contributed by atoms with Gasteiger partial charge >= 0.3 is 6.03 Å². The molecule has 0 unspecified atom stereocenters. The van der Waals surface area contributed by atoms with Gasteiger partial charge in [0.1, 0.15) is 18.1 Å². The van der Waals surface area contributed by atoms with Gasteiger partial charge in [0.05, 0.1) is 20.5 Å². The molecule has 0 spiro atoms. The quantitative estimate of drug-likeness (QED) is 0.168. The van der Waals surface area contributed by atoms with Gasteiger partial charge in [-0.25, -0.2) is 26.3 Å². The monoisotopic (exact) mass is 762 g/mol. The zero-order chi connectivity index (χ0) is 39.8. The number of sulfonamides is 1. The zero-order valence-electron chi connectivity index (χ0n) is 31.8. The molecule has 0 aliphatic carbocycles. The van der Waals surface area contributed by atoms with Gasteiger partial charge < -0.3 is 40.7 Å². The van der Waals surface area contributed by atoms with Crippen molar-refractivity contribution in [2.24, 2.45) is 10.8 Å². The third kappa shape index (κ3) is 12.6. The smallest absolute Gasteiger partial charge is 0.315 e. The van der Waals surface area contributed by atoms with Gasteiger partial charge in [-0.05, 0) is 47.8 Å². The van der Waals surface area contributed by atoms with Crippen LogP contribution in [0.3, 0.4) is 0 Å². The normalized spacial score (nSPS) is 17.0. The molecule has 0 radical (unpaired) electrons. The molecule has 0 saturated carbocycles. The largest absolute Gasteiger partial charge is 0.502 e. The van der Waals surface area contributed by atoms with E-state index in [4.69, 9.17) is 9.47 Å². The van der Waals surface area contributed by atoms with E-state index in [0.29, 0.717) is 12.0 Å². The van der Waals surface area contributed by atoms with E-state index in [9.17, 15) is 41.5 Å². The number of hydrogen-bond donors (Lipinski definition) is 5. The van der Waals surface area contributed by atoms with Crippen molar-refractivity contribution in [3.05, 3.63) is 17.7 Å². The number of likely N-dealkylation sites (N-methyl/N-ethyl adjacent to an activating group) is 1. The van der Waals surface area contributed by atoms with E-state index < -0.39 is 81.6 Å². The summed E-state index contributed by atoms with van der Waals surface area (Å²) in [6, 6.07) is -2.10. The Hall–Kier alpha value is -3.93. The highest BCUT2D eigenvalue weighted by atomic mass is 32.2. The van der Waals surface area contributed by atoms with Gasteiger partial charge in [-0.1, -0.05) is 41.5 Å². The Labute approximate surface area is 305 Å². The maximum Gasteiger partial charge on any atom is 0.315 e. The number of nitrogens with one attached hydrogen (secondary N) is 4. The Morgan fingerprint density at radius 1 is 1.00 bits per heavy atom. The minimum absolute atomic E-state index is 0.00117. The number of phenolic OH excluding ortho intramolecular Hbond substituents is 1. The number of benzene rings is 1. The highest BCUT2D eigenvalue weighted by Gasteiger charge is 2.43. The Balaban J connectivity index is 2.18. The molecule has 5 N–H and O–H groups in total. The summed E-state index contributed by atoms with van der Waals surface area (Å²) in [4.78, 5) is 55.2. The van der Waals surface area contributed by atoms with Crippen molar-refractivity contribution in [1.82, 2.24) is 30.5 Å². The summed E-state index contributed by atoms with van der Waals surface area (Å²) >= 11 is 0. The fourth-order valence-electron chi connectivity index (χ4n) is 5.60. The van der Waals surface area contributed by atoms with Crippen LogP contribution in [0.4, 0.5) is 13.6 Å². The average Bonchev–Trinajstić information content (AvgIpc) is 3.52. The molecule has 15 nitrogen and oxygen atoms in total. The molecule has 1 fully saturated rings. The SMILES string of the molecule is COc1cc(CCNC(=O)[C@H](CC(F)F)NC(=O)[C@@H]2CCCN2C(=O)[C@@H](NC(=O)N[C@H](CN(C)S(C)(=O)=O)C(C)(C)C)C(C)(C)C)cc(OC)c1O. The lowest BCUT2D eigenvalue weighted by Gasteiger charge is -2.37. The van der Waals surface area contributed by atoms with Gasteiger partial charge in [-0.3, -0.25) is 14.4 Å². The summed E-state index contributed by atoms with van der Waals surface area (Å²) < 4.78 is 62.7. The number of methoxy groups -OCH3 is 2. The predicted molar refractivity (Wildman–Crippen MR) is 191 cm³/mol. The van der Waals surface area contributed by atoms with Crippen molar-refractivity contribution in [2.45, 2.75) is 97.8 Å². The molecule has 5 amide bonds. The van der Waals surface area contributed by atoms with E-state index in [0.717, 1.165) is 10.6 Å². The molecule has 1 aliphatic rings. The number of carbonyl (C=O) groups is 4. The number of amides is 5. The summed E-state index contributed by atoms with van der Waals surface area (Å²) in [5.41, 5.74) is -0.793. The standard InChI is InChI=1S/C34H56F2N6O9S/c1-33(2,3)25(19-41(7)52(10,48)49)39-32(47)40-28(34(4,5)6)31(46)42-15-11-12-22(42)30(45)38-21(18-26(35)36)29(44)37-14-13-20-16-23(50-8)27(43)24(17-20)51-9/h16-17,21-22,25-26,28,43H,11-15,18-19H2,1-10H3,(H,37,44)(H,38,45)(H2,39,40,47)/t21-,22-,25+,28+/m0/s1. The number of aromatic hydroxyl groups is 1. The Morgan fingerprint density at radius 2 is 1.58 bits per heavy atom. The molecule has 52 heavy (non-hydrogen) atoms. The van der Waals surface area contributed by atoms with E-state index in [1.165, 1.54) is 38.3 Å². The van der Waals surface area contributed by atoms with Crippen LogP contribution in [0.2, 0.25) is 0 Å². The van der Waals surface area contributed by atoms with Crippen LogP contribution in [-0.2, 0) is 30.8 Å². The number of halogens is 2. The number of urea groups is 1. The number of alkyl halides is 2. The summed E-state index contributed by atoms with van der Waals surface area (Å²) in [6.45, 7) is 10.8. The number of rotatable bonds is 16.